The van der Waals surface area contributed by atoms with Gasteiger partial charge >= 0.3 is 0 Å². The van der Waals surface area contributed by atoms with Crippen molar-refractivity contribution >= 4 is 50.1 Å². The van der Waals surface area contributed by atoms with E-state index in [4.69, 9.17) is 0 Å². The molecule has 1 aromatic carbocycles. The van der Waals surface area contributed by atoms with E-state index in [1.165, 1.54) is 0 Å². The van der Waals surface area contributed by atoms with Crippen LogP contribution in [0, 0.1) is 3.57 Å². The Hall–Kier alpha value is -0.890. The minimum atomic E-state index is -0.117. The van der Waals surface area contributed by atoms with Gasteiger partial charge in [-0.2, -0.15) is 5.10 Å². The fraction of sp³-hybridized carbons (Fsp3) is 0.231. The summed E-state index contributed by atoms with van der Waals surface area (Å²) >= 11 is 5.54. The fourth-order valence-electron chi connectivity index (χ4n) is 1.76. The van der Waals surface area contributed by atoms with Crippen molar-refractivity contribution in [1.29, 1.82) is 0 Å². The average molecular weight is 434 g/mol. The van der Waals surface area contributed by atoms with Crippen LogP contribution in [0.1, 0.15) is 23.0 Å². The fourth-order valence-corrected chi connectivity index (χ4v) is 2.70. The van der Waals surface area contributed by atoms with Gasteiger partial charge in [0.05, 0.1) is 16.9 Å². The normalized spacial score (nSPS) is 10.5. The molecule has 100 valence electrons. The maximum Gasteiger partial charge on any atom is 0.256 e. The second-order valence-corrected chi connectivity index (χ2v) is 6.17. The number of aromatic nitrogens is 2. The zero-order valence-corrected chi connectivity index (χ0v) is 14.3. The van der Waals surface area contributed by atoms with E-state index in [1.807, 2.05) is 38.4 Å². The van der Waals surface area contributed by atoms with E-state index >= 15 is 0 Å². The number of nitrogens with one attached hydrogen (secondary N) is 1. The van der Waals surface area contributed by atoms with Crippen LogP contribution >= 0.6 is 38.5 Å². The van der Waals surface area contributed by atoms with Crippen molar-refractivity contribution in [1.82, 2.24) is 9.78 Å². The van der Waals surface area contributed by atoms with Crippen molar-refractivity contribution in [2.75, 3.05) is 5.32 Å². The summed E-state index contributed by atoms with van der Waals surface area (Å²) in [6.07, 6.45) is 2.60. The predicted octanol–water partition coefficient (Wildman–Crippen LogP) is 3.60. The molecule has 1 N–H and O–H groups in total. The lowest BCUT2D eigenvalue weighted by atomic mass is 10.2. The lowest BCUT2D eigenvalue weighted by Gasteiger charge is -2.06. The van der Waals surface area contributed by atoms with Gasteiger partial charge in [-0.25, -0.2) is 0 Å². The first kappa shape index (κ1) is 14.5. The van der Waals surface area contributed by atoms with Crippen LogP contribution in [0.2, 0.25) is 0 Å². The Bertz CT molecular complexity index is 624. The van der Waals surface area contributed by atoms with Gasteiger partial charge in [-0.15, -0.1) is 0 Å². The summed E-state index contributed by atoms with van der Waals surface area (Å²) in [5.74, 6) is -0.117. The second kappa shape index (κ2) is 6.04. The molecule has 0 atom stereocenters. The lowest BCUT2D eigenvalue weighted by molar-refractivity contribution is 0.102. The largest absolute Gasteiger partial charge is 0.319 e. The van der Waals surface area contributed by atoms with E-state index in [0.29, 0.717) is 5.56 Å². The van der Waals surface area contributed by atoms with Crippen LogP contribution in [0.4, 0.5) is 5.69 Å². The van der Waals surface area contributed by atoms with E-state index in [1.54, 1.807) is 4.68 Å². The van der Waals surface area contributed by atoms with Crippen LogP contribution in [-0.2, 0) is 13.5 Å². The molecule has 6 heteroatoms. The highest BCUT2D eigenvalue weighted by molar-refractivity contribution is 14.1. The van der Waals surface area contributed by atoms with Crippen molar-refractivity contribution < 1.29 is 4.79 Å². The number of amides is 1. The quantitative estimate of drug-likeness (QED) is 0.751. The summed E-state index contributed by atoms with van der Waals surface area (Å²) in [5.41, 5.74) is 2.31. The number of hydrogen-bond donors (Lipinski definition) is 1. The number of nitrogens with zero attached hydrogens (tertiary/aromatic N) is 2. The van der Waals surface area contributed by atoms with Gasteiger partial charge in [0.15, 0.2) is 0 Å². The summed E-state index contributed by atoms with van der Waals surface area (Å²) in [7, 11) is 1.84. The third-order valence-electron chi connectivity index (χ3n) is 2.66. The molecule has 2 rings (SSSR count). The van der Waals surface area contributed by atoms with Gasteiger partial charge in [-0.05, 0) is 47.2 Å². The van der Waals surface area contributed by atoms with Crippen molar-refractivity contribution in [3.05, 3.63) is 43.7 Å². The van der Waals surface area contributed by atoms with E-state index in [0.717, 1.165) is 25.8 Å². The topological polar surface area (TPSA) is 46.9 Å². The monoisotopic (exact) mass is 433 g/mol. The van der Waals surface area contributed by atoms with Crippen LogP contribution in [0.3, 0.4) is 0 Å². The van der Waals surface area contributed by atoms with Gasteiger partial charge < -0.3 is 5.32 Å². The molecule has 4 nitrogen and oxygen atoms in total. The van der Waals surface area contributed by atoms with Crippen molar-refractivity contribution in [3.8, 4) is 0 Å². The Morgan fingerprint density at radius 1 is 1.53 bits per heavy atom. The van der Waals surface area contributed by atoms with Crippen molar-refractivity contribution in [2.45, 2.75) is 13.3 Å². The standard InChI is InChI=1S/C13H13BrIN3O/c1-3-11-12(7-18(2)17-11)16-13(19)9-6-8(14)4-5-10(9)15/h4-7H,3H2,1-2H3,(H,16,19). The second-order valence-electron chi connectivity index (χ2n) is 4.09. The summed E-state index contributed by atoms with van der Waals surface area (Å²) in [6, 6.07) is 5.64. The van der Waals surface area contributed by atoms with Gasteiger partial charge in [0.2, 0.25) is 0 Å². The maximum atomic E-state index is 12.3. The molecule has 0 saturated carbocycles. The van der Waals surface area contributed by atoms with Crippen LogP contribution in [0.25, 0.3) is 0 Å². The van der Waals surface area contributed by atoms with E-state index in [2.05, 4.69) is 48.9 Å². The summed E-state index contributed by atoms with van der Waals surface area (Å²) in [4.78, 5) is 12.3. The predicted molar refractivity (Wildman–Crippen MR) is 87.4 cm³/mol. The minimum Gasteiger partial charge on any atom is -0.319 e. The molecular weight excluding hydrogens is 421 g/mol. The first-order valence-corrected chi connectivity index (χ1v) is 7.67. The minimum absolute atomic E-state index is 0.117. The molecule has 0 bridgehead atoms. The Balaban J connectivity index is 2.27. The van der Waals surface area contributed by atoms with Crippen molar-refractivity contribution in [3.63, 3.8) is 0 Å². The maximum absolute atomic E-state index is 12.3. The van der Waals surface area contributed by atoms with Crippen LogP contribution < -0.4 is 5.32 Å². The Kier molecular flexibility index (Phi) is 4.62. The van der Waals surface area contributed by atoms with Gasteiger partial charge in [-0.1, -0.05) is 22.9 Å². The first-order valence-electron chi connectivity index (χ1n) is 5.80. The number of carbonyl (C=O) groups is 1. The molecule has 1 heterocycles. The zero-order valence-electron chi connectivity index (χ0n) is 10.6. The molecule has 0 fully saturated rings. The highest BCUT2D eigenvalue weighted by Gasteiger charge is 2.14. The van der Waals surface area contributed by atoms with Crippen LogP contribution in [-0.4, -0.2) is 15.7 Å². The molecule has 0 aliphatic rings. The molecule has 0 spiro atoms. The summed E-state index contributed by atoms with van der Waals surface area (Å²) in [6.45, 7) is 2.01. The highest BCUT2D eigenvalue weighted by Crippen LogP contribution is 2.21. The number of aryl methyl sites for hydroxylation is 2. The third kappa shape index (κ3) is 3.36. The molecule has 0 unspecified atom stereocenters. The summed E-state index contributed by atoms with van der Waals surface area (Å²) in [5, 5.41) is 7.23. The van der Waals surface area contributed by atoms with Gasteiger partial charge in [-0.3, -0.25) is 9.48 Å². The molecule has 0 aliphatic carbocycles. The number of carbonyl (C=O) groups excluding carboxylic acids is 1. The van der Waals surface area contributed by atoms with Gasteiger partial charge in [0, 0.05) is 21.3 Å². The molecule has 2 aromatic rings. The molecule has 0 aliphatic heterocycles. The molecule has 1 aromatic heterocycles. The number of rotatable bonds is 3. The summed E-state index contributed by atoms with van der Waals surface area (Å²) < 4.78 is 3.51. The highest BCUT2D eigenvalue weighted by atomic mass is 127. The third-order valence-corrected chi connectivity index (χ3v) is 4.10. The van der Waals surface area contributed by atoms with Crippen LogP contribution in [0.5, 0.6) is 0 Å². The Labute approximate surface area is 133 Å². The Morgan fingerprint density at radius 3 is 2.95 bits per heavy atom. The zero-order chi connectivity index (χ0) is 14.0. The molecule has 0 radical (unpaired) electrons. The number of hydrogen-bond acceptors (Lipinski definition) is 2. The molecular formula is C13H13BrIN3O. The average Bonchev–Trinajstić information content (AvgIpc) is 2.72. The van der Waals surface area contributed by atoms with E-state index in [-0.39, 0.29) is 5.91 Å². The van der Waals surface area contributed by atoms with E-state index in [9.17, 15) is 4.79 Å². The smallest absolute Gasteiger partial charge is 0.256 e. The van der Waals surface area contributed by atoms with Crippen molar-refractivity contribution in [2.24, 2.45) is 7.05 Å². The van der Waals surface area contributed by atoms with E-state index < -0.39 is 0 Å². The molecule has 1 amide bonds. The lowest BCUT2D eigenvalue weighted by Crippen LogP contribution is -2.14. The number of halogens is 2. The van der Waals surface area contributed by atoms with Gasteiger partial charge in [0.25, 0.3) is 5.91 Å². The van der Waals surface area contributed by atoms with Crippen LogP contribution in [0.15, 0.2) is 28.9 Å². The van der Waals surface area contributed by atoms with Gasteiger partial charge in [0.1, 0.15) is 0 Å². The molecule has 0 saturated heterocycles. The SMILES string of the molecule is CCc1nn(C)cc1NC(=O)c1cc(Br)ccc1I. The molecule has 19 heavy (non-hydrogen) atoms. The number of benzene rings is 1. The Morgan fingerprint density at radius 2 is 2.26 bits per heavy atom. The number of anilines is 1. The first-order chi connectivity index (χ1) is 9.01.